The van der Waals surface area contributed by atoms with Crippen LogP contribution in [0.2, 0.25) is 0 Å². The quantitative estimate of drug-likeness (QED) is 0.875. The molecule has 82 valence electrons. The van der Waals surface area contributed by atoms with E-state index in [0.717, 1.165) is 5.69 Å². The van der Waals surface area contributed by atoms with Gasteiger partial charge in [-0.1, -0.05) is 6.07 Å². The van der Waals surface area contributed by atoms with E-state index >= 15 is 0 Å². The lowest BCUT2D eigenvalue weighted by atomic mass is 10.2. The second-order valence-corrected chi connectivity index (χ2v) is 4.48. The van der Waals surface area contributed by atoms with Crippen molar-refractivity contribution in [2.75, 3.05) is 0 Å². The molecule has 4 nitrogen and oxygen atoms in total. The fourth-order valence-electron chi connectivity index (χ4n) is 1.48. The Balaban J connectivity index is 2.02. The number of nitrogens with one attached hydrogen (secondary N) is 1. The topological polar surface area (TPSA) is 53.6 Å². The zero-order chi connectivity index (χ0) is 11.4. The van der Waals surface area contributed by atoms with E-state index in [0.29, 0.717) is 6.54 Å². The molecule has 0 aliphatic heterocycles. The summed E-state index contributed by atoms with van der Waals surface area (Å²) >= 11 is 1.68. The molecular weight excluding hydrogens is 220 g/mol. The van der Waals surface area contributed by atoms with Gasteiger partial charge in [-0.15, -0.1) is 11.3 Å². The van der Waals surface area contributed by atoms with Gasteiger partial charge in [0.2, 0.25) is 0 Å². The van der Waals surface area contributed by atoms with Crippen LogP contribution in [0.3, 0.4) is 0 Å². The van der Waals surface area contributed by atoms with Gasteiger partial charge in [-0.3, -0.25) is 5.32 Å². The van der Waals surface area contributed by atoms with Crippen molar-refractivity contribution in [2.24, 2.45) is 7.05 Å². The summed E-state index contributed by atoms with van der Waals surface area (Å²) in [6.45, 7) is 0.709. The van der Waals surface area contributed by atoms with Crippen LogP contribution in [0.5, 0.6) is 0 Å². The van der Waals surface area contributed by atoms with Crippen LogP contribution in [0.15, 0.2) is 30.0 Å². The van der Waals surface area contributed by atoms with Crippen molar-refractivity contribution in [2.45, 2.75) is 12.6 Å². The normalized spacial score (nSPS) is 12.2. The van der Waals surface area contributed by atoms with Crippen LogP contribution in [0.4, 0.5) is 0 Å². The van der Waals surface area contributed by atoms with E-state index in [2.05, 4.69) is 22.4 Å². The summed E-state index contributed by atoms with van der Waals surface area (Å²) in [5.74, 6) is 0. The SMILES string of the molecule is Cn1cncc1C(C#N)NCc1cccs1. The standard InChI is InChI=1S/C11H12N4S/c1-15-8-13-7-11(15)10(5-12)14-6-9-3-2-4-16-9/h2-4,7-8,10,14H,6H2,1H3. The molecule has 0 aromatic carbocycles. The number of nitriles is 1. The van der Waals surface area contributed by atoms with Crippen molar-refractivity contribution in [1.82, 2.24) is 14.9 Å². The first kappa shape index (κ1) is 10.9. The number of thiophene rings is 1. The van der Waals surface area contributed by atoms with Gasteiger partial charge < -0.3 is 4.57 Å². The van der Waals surface area contributed by atoms with Crippen molar-refractivity contribution in [3.05, 3.63) is 40.6 Å². The number of imidazole rings is 1. The van der Waals surface area contributed by atoms with Crippen LogP contribution in [0, 0.1) is 11.3 Å². The maximum Gasteiger partial charge on any atom is 0.138 e. The molecule has 2 rings (SSSR count). The van der Waals surface area contributed by atoms with E-state index in [4.69, 9.17) is 5.26 Å². The molecule has 0 aliphatic carbocycles. The van der Waals surface area contributed by atoms with Crippen LogP contribution in [-0.4, -0.2) is 9.55 Å². The van der Waals surface area contributed by atoms with Gasteiger partial charge in [0.15, 0.2) is 0 Å². The highest BCUT2D eigenvalue weighted by molar-refractivity contribution is 7.09. The summed E-state index contributed by atoms with van der Waals surface area (Å²) in [5, 5.41) is 14.3. The molecule has 0 radical (unpaired) electrons. The molecule has 2 aromatic rings. The summed E-state index contributed by atoms with van der Waals surface area (Å²) < 4.78 is 1.86. The minimum Gasteiger partial charge on any atom is -0.335 e. The molecule has 0 saturated carbocycles. The molecule has 0 amide bonds. The molecule has 0 saturated heterocycles. The first-order valence-corrected chi connectivity index (χ1v) is 5.81. The number of hydrogen-bond acceptors (Lipinski definition) is 4. The minimum atomic E-state index is -0.311. The summed E-state index contributed by atoms with van der Waals surface area (Å²) in [7, 11) is 1.89. The van der Waals surface area contributed by atoms with E-state index < -0.39 is 0 Å². The molecule has 2 aromatic heterocycles. The van der Waals surface area contributed by atoms with E-state index in [9.17, 15) is 0 Å². The van der Waals surface area contributed by atoms with Crippen molar-refractivity contribution >= 4 is 11.3 Å². The largest absolute Gasteiger partial charge is 0.335 e. The molecule has 1 N–H and O–H groups in total. The summed E-state index contributed by atoms with van der Waals surface area (Å²) in [5.41, 5.74) is 0.888. The average molecular weight is 232 g/mol. The second-order valence-electron chi connectivity index (χ2n) is 3.45. The summed E-state index contributed by atoms with van der Waals surface area (Å²) in [6.07, 6.45) is 3.42. The Hall–Kier alpha value is -1.64. The van der Waals surface area contributed by atoms with E-state index in [-0.39, 0.29) is 6.04 Å². The Kier molecular flexibility index (Phi) is 3.34. The zero-order valence-corrected chi connectivity index (χ0v) is 9.74. The van der Waals surface area contributed by atoms with Crippen molar-refractivity contribution in [1.29, 1.82) is 5.26 Å². The highest BCUT2D eigenvalue weighted by atomic mass is 32.1. The second kappa shape index (κ2) is 4.92. The Morgan fingerprint density at radius 2 is 2.56 bits per heavy atom. The lowest BCUT2D eigenvalue weighted by Crippen LogP contribution is -2.20. The highest BCUT2D eigenvalue weighted by Gasteiger charge is 2.13. The van der Waals surface area contributed by atoms with Gasteiger partial charge >= 0.3 is 0 Å². The predicted octanol–water partition coefficient (Wildman–Crippen LogP) is 1.84. The van der Waals surface area contributed by atoms with Gasteiger partial charge in [0.05, 0.1) is 24.3 Å². The Bertz CT molecular complexity index is 480. The van der Waals surface area contributed by atoms with Crippen LogP contribution in [0.25, 0.3) is 0 Å². The summed E-state index contributed by atoms with van der Waals surface area (Å²) in [6, 6.07) is 5.99. The Morgan fingerprint density at radius 3 is 3.12 bits per heavy atom. The van der Waals surface area contributed by atoms with Crippen LogP contribution in [-0.2, 0) is 13.6 Å². The van der Waals surface area contributed by atoms with Crippen molar-refractivity contribution < 1.29 is 0 Å². The number of hydrogen-bond donors (Lipinski definition) is 1. The molecule has 0 spiro atoms. The van der Waals surface area contributed by atoms with Gasteiger partial charge in [-0.05, 0) is 11.4 Å². The lowest BCUT2D eigenvalue weighted by molar-refractivity contribution is 0.600. The molecule has 0 fully saturated rings. The van der Waals surface area contributed by atoms with Crippen LogP contribution < -0.4 is 5.32 Å². The molecule has 0 aliphatic rings. The van der Waals surface area contributed by atoms with E-state index in [1.165, 1.54) is 4.88 Å². The number of aryl methyl sites for hydroxylation is 1. The van der Waals surface area contributed by atoms with Gasteiger partial charge in [-0.2, -0.15) is 5.26 Å². The molecule has 5 heteroatoms. The minimum absolute atomic E-state index is 0.311. The number of nitrogens with zero attached hydrogens (tertiary/aromatic N) is 3. The molecule has 2 heterocycles. The number of aromatic nitrogens is 2. The maximum atomic E-state index is 9.10. The maximum absolute atomic E-state index is 9.10. The third-order valence-electron chi connectivity index (χ3n) is 2.34. The molecule has 16 heavy (non-hydrogen) atoms. The van der Waals surface area contributed by atoms with Crippen molar-refractivity contribution in [3.63, 3.8) is 0 Å². The van der Waals surface area contributed by atoms with E-state index in [1.807, 2.05) is 23.1 Å². The monoisotopic (exact) mass is 232 g/mol. The zero-order valence-electron chi connectivity index (χ0n) is 8.92. The fraction of sp³-hybridized carbons (Fsp3) is 0.273. The first-order chi connectivity index (χ1) is 7.81. The van der Waals surface area contributed by atoms with Gasteiger partial charge in [-0.25, -0.2) is 4.98 Å². The van der Waals surface area contributed by atoms with Crippen LogP contribution >= 0.6 is 11.3 Å². The van der Waals surface area contributed by atoms with E-state index in [1.54, 1.807) is 23.9 Å². The van der Waals surface area contributed by atoms with Gasteiger partial charge in [0, 0.05) is 18.5 Å². The summed E-state index contributed by atoms with van der Waals surface area (Å²) in [4.78, 5) is 5.23. The predicted molar refractivity (Wildman–Crippen MR) is 62.7 cm³/mol. The lowest BCUT2D eigenvalue weighted by Gasteiger charge is -2.10. The van der Waals surface area contributed by atoms with Gasteiger partial charge in [0.1, 0.15) is 6.04 Å². The smallest absolute Gasteiger partial charge is 0.138 e. The highest BCUT2D eigenvalue weighted by Crippen LogP contribution is 2.13. The molecular formula is C11H12N4S. The Labute approximate surface area is 98.2 Å². The fourth-order valence-corrected chi connectivity index (χ4v) is 2.13. The van der Waals surface area contributed by atoms with Crippen molar-refractivity contribution in [3.8, 4) is 6.07 Å². The third kappa shape index (κ3) is 2.30. The van der Waals surface area contributed by atoms with Crippen LogP contribution in [0.1, 0.15) is 16.6 Å². The molecule has 0 bridgehead atoms. The first-order valence-electron chi connectivity index (χ1n) is 4.93. The molecule has 1 unspecified atom stereocenters. The van der Waals surface area contributed by atoms with Gasteiger partial charge in [0.25, 0.3) is 0 Å². The number of rotatable bonds is 4. The average Bonchev–Trinajstić information content (AvgIpc) is 2.92. The third-order valence-corrected chi connectivity index (χ3v) is 3.22. The Morgan fingerprint density at radius 1 is 1.69 bits per heavy atom. The molecule has 1 atom stereocenters.